The molecule has 0 radical (unpaired) electrons. The van der Waals surface area contributed by atoms with E-state index in [4.69, 9.17) is 11.6 Å². The van der Waals surface area contributed by atoms with Crippen molar-refractivity contribution >= 4 is 34.3 Å². The van der Waals surface area contributed by atoms with E-state index < -0.39 is 0 Å². The molecule has 3 aromatic heterocycles. The minimum atomic E-state index is -0.229. The third kappa shape index (κ3) is 3.58. The van der Waals surface area contributed by atoms with Crippen LogP contribution in [0.2, 0.25) is 5.15 Å². The van der Waals surface area contributed by atoms with Gasteiger partial charge in [-0.15, -0.1) is 10.2 Å². The molecule has 162 valence electrons. The number of benzene rings is 1. The van der Waals surface area contributed by atoms with Gasteiger partial charge in [-0.2, -0.15) is 4.80 Å². The lowest BCUT2D eigenvalue weighted by Crippen LogP contribution is -2.44. The summed E-state index contributed by atoms with van der Waals surface area (Å²) in [5.41, 5.74) is 2.68. The highest BCUT2D eigenvalue weighted by Crippen LogP contribution is 2.27. The fourth-order valence-corrected chi connectivity index (χ4v) is 4.08. The molecule has 0 saturated heterocycles. The van der Waals surface area contributed by atoms with Crippen LogP contribution in [-0.2, 0) is 13.6 Å². The Labute approximate surface area is 187 Å². The Bertz CT molecular complexity index is 1340. The number of amides is 2. The van der Waals surface area contributed by atoms with Crippen LogP contribution in [0.25, 0.3) is 22.3 Å². The van der Waals surface area contributed by atoms with E-state index in [1.54, 1.807) is 42.4 Å². The van der Waals surface area contributed by atoms with Crippen LogP contribution in [-0.4, -0.2) is 66.1 Å². The Balaban J connectivity index is 1.23. The summed E-state index contributed by atoms with van der Waals surface area (Å²) in [5.74, 6) is 0.132. The number of halogens is 1. The number of rotatable bonds is 5. The van der Waals surface area contributed by atoms with E-state index in [0.717, 1.165) is 10.9 Å². The first-order valence-electron chi connectivity index (χ1n) is 10.1. The Morgan fingerprint density at radius 1 is 1.22 bits per heavy atom. The molecule has 1 N–H and O–H groups in total. The van der Waals surface area contributed by atoms with Gasteiger partial charge in [-0.3, -0.25) is 9.59 Å². The number of fused-ring (bicyclic) bond motifs is 3. The second kappa shape index (κ2) is 8.04. The molecule has 0 fully saturated rings. The first-order chi connectivity index (χ1) is 15.5. The lowest BCUT2D eigenvalue weighted by Gasteiger charge is -2.28. The molecular weight excluding hydrogens is 432 g/mol. The van der Waals surface area contributed by atoms with Crippen LogP contribution in [0.1, 0.15) is 20.8 Å². The quantitative estimate of drug-likeness (QED) is 0.464. The minimum absolute atomic E-state index is 0.0894. The van der Waals surface area contributed by atoms with E-state index in [1.165, 1.54) is 4.80 Å². The maximum atomic E-state index is 13.0. The number of aryl methyl sites for hydroxylation is 1. The predicted octanol–water partition coefficient (Wildman–Crippen LogP) is 1.77. The zero-order valence-electron chi connectivity index (χ0n) is 17.2. The van der Waals surface area contributed by atoms with Gasteiger partial charge in [0.25, 0.3) is 11.8 Å². The van der Waals surface area contributed by atoms with Crippen molar-refractivity contribution in [3.63, 3.8) is 0 Å². The van der Waals surface area contributed by atoms with Crippen molar-refractivity contribution in [2.75, 3.05) is 19.6 Å². The maximum absolute atomic E-state index is 13.0. The van der Waals surface area contributed by atoms with Crippen molar-refractivity contribution in [2.45, 2.75) is 6.54 Å². The van der Waals surface area contributed by atoms with E-state index >= 15 is 0 Å². The number of carbonyl (C=O) groups excluding carboxylic acids is 2. The maximum Gasteiger partial charge on any atom is 0.270 e. The Morgan fingerprint density at radius 3 is 2.91 bits per heavy atom. The monoisotopic (exact) mass is 450 g/mol. The standard InChI is InChI=1S/C21H19ClN8O2/c1-28-26-19(25-27-28)13-3-2-4-14(11-13)20(31)24-7-8-29-9-10-30-16-5-6-23-18(22)15(16)12-17(30)21(29)32/h2-6,11-12H,7-10H2,1H3,(H,24,31). The summed E-state index contributed by atoms with van der Waals surface area (Å²) in [5, 5.41) is 16.0. The summed E-state index contributed by atoms with van der Waals surface area (Å²) in [4.78, 5) is 32.7. The molecule has 1 aliphatic rings. The Hall–Kier alpha value is -3.79. The van der Waals surface area contributed by atoms with E-state index in [1.807, 2.05) is 16.7 Å². The van der Waals surface area contributed by atoms with Gasteiger partial charge in [0.1, 0.15) is 10.8 Å². The smallest absolute Gasteiger partial charge is 0.270 e. The molecule has 0 atom stereocenters. The summed E-state index contributed by atoms with van der Waals surface area (Å²) < 4.78 is 1.96. The first-order valence-corrected chi connectivity index (χ1v) is 10.4. The van der Waals surface area contributed by atoms with E-state index in [2.05, 4.69) is 25.7 Å². The van der Waals surface area contributed by atoms with Crippen LogP contribution in [0, 0.1) is 0 Å². The highest BCUT2D eigenvalue weighted by Gasteiger charge is 2.26. The second-order valence-corrected chi connectivity index (χ2v) is 7.81. The highest BCUT2D eigenvalue weighted by atomic mass is 35.5. The lowest BCUT2D eigenvalue weighted by molar-refractivity contribution is 0.0701. The molecule has 2 amide bonds. The summed E-state index contributed by atoms with van der Waals surface area (Å²) in [6.45, 7) is 1.95. The van der Waals surface area contributed by atoms with Crippen molar-refractivity contribution < 1.29 is 9.59 Å². The molecule has 0 bridgehead atoms. The topological polar surface area (TPSA) is 111 Å². The molecule has 1 aliphatic heterocycles. The van der Waals surface area contributed by atoms with Crippen LogP contribution in [0.3, 0.4) is 0 Å². The molecule has 4 aromatic rings. The number of hydrogen-bond acceptors (Lipinski definition) is 6. The third-order valence-corrected chi connectivity index (χ3v) is 5.74. The van der Waals surface area contributed by atoms with Crippen LogP contribution in [0.5, 0.6) is 0 Å². The average Bonchev–Trinajstić information content (AvgIpc) is 3.40. The van der Waals surface area contributed by atoms with Crippen LogP contribution >= 0.6 is 11.6 Å². The number of carbonyl (C=O) groups is 2. The Kier molecular flexibility index (Phi) is 5.06. The van der Waals surface area contributed by atoms with Gasteiger partial charge < -0.3 is 14.8 Å². The molecule has 11 heteroatoms. The zero-order valence-corrected chi connectivity index (χ0v) is 18.0. The summed E-state index contributed by atoms with van der Waals surface area (Å²) >= 11 is 6.18. The largest absolute Gasteiger partial charge is 0.350 e. The summed E-state index contributed by atoms with van der Waals surface area (Å²) in [6, 6.07) is 10.7. The van der Waals surface area contributed by atoms with Crippen molar-refractivity contribution in [1.82, 2.24) is 40.0 Å². The van der Waals surface area contributed by atoms with Crippen molar-refractivity contribution in [3.05, 3.63) is 59.0 Å². The molecule has 5 rings (SSSR count). The van der Waals surface area contributed by atoms with Gasteiger partial charge in [0, 0.05) is 48.9 Å². The first kappa shape index (κ1) is 20.1. The summed E-state index contributed by atoms with van der Waals surface area (Å²) in [6.07, 6.45) is 1.64. The fraction of sp³-hybridized carbons (Fsp3) is 0.238. The molecule has 0 saturated carbocycles. The van der Waals surface area contributed by atoms with Gasteiger partial charge in [-0.1, -0.05) is 23.7 Å². The highest BCUT2D eigenvalue weighted by molar-refractivity contribution is 6.34. The van der Waals surface area contributed by atoms with Gasteiger partial charge >= 0.3 is 0 Å². The Morgan fingerprint density at radius 2 is 2.09 bits per heavy atom. The van der Waals surface area contributed by atoms with E-state index in [0.29, 0.717) is 54.0 Å². The predicted molar refractivity (Wildman–Crippen MR) is 117 cm³/mol. The van der Waals surface area contributed by atoms with Gasteiger partial charge in [0.05, 0.1) is 12.6 Å². The SMILES string of the molecule is Cn1nnc(-c2cccc(C(=O)NCCN3CCn4c(cc5c(Cl)nccc54)C3=O)c2)n1. The normalized spacial score (nSPS) is 13.4. The number of hydrogen-bond donors (Lipinski definition) is 1. The number of aromatic nitrogens is 6. The number of nitrogens with zero attached hydrogens (tertiary/aromatic N) is 7. The number of pyridine rings is 1. The average molecular weight is 451 g/mol. The van der Waals surface area contributed by atoms with Crippen LogP contribution in [0.4, 0.5) is 0 Å². The van der Waals surface area contributed by atoms with Gasteiger partial charge in [-0.25, -0.2) is 4.98 Å². The van der Waals surface area contributed by atoms with Crippen LogP contribution < -0.4 is 5.32 Å². The summed E-state index contributed by atoms with van der Waals surface area (Å²) in [7, 11) is 1.68. The molecule has 0 unspecified atom stereocenters. The number of tetrazole rings is 1. The van der Waals surface area contributed by atoms with E-state index in [9.17, 15) is 9.59 Å². The van der Waals surface area contributed by atoms with Gasteiger partial charge in [-0.05, 0) is 29.5 Å². The van der Waals surface area contributed by atoms with Crippen molar-refractivity contribution in [2.24, 2.45) is 7.05 Å². The zero-order chi connectivity index (χ0) is 22.2. The molecule has 10 nitrogen and oxygen atoms in total. The molecule has 32 heavy (non-hydrogen) atoms. The van der Waals surface area contributed by atoms with Crippen molar-refractivity contribution in [1.29, 1.82) is 0 Å². The third-order valence-electron chi connectivity index (χ3n) is 5.44. The van der Waals surface area contributed by atoms with Gasteiger partial charge in [0.15, 0.2) is 0 Å². The molecule has 1 aromatic carbocycles. The minimum Gasteiger partial charge on any atom is -0.350 e. The molecule has 0 aliphatic carbocycles. The molecule has 4 heterocycles. The molecular formula is C21H19ClN8O2. The van der Waals surface area contributed by atoms with Crippen molar-refractivity contribution in [3.8, 4) is 11.4 Å². The van der Waals surface area contributed by atoms with E-state index in [-0.39, 0.29) is 11.8 Å². The lowest BCUT2D eigenvalue weighted by atomic mass is 10.1. The second-order valence-electron chi connectivity index (χ2n) is 7.45. The van der Waals surface area contributed by atoms with Gasteiger partial charge in [0.2, 0.25) is 5.82 Å². The fourth-order valence-electron chi connectivity index (χ4n) is 3.87. The number of nitrogens with one attached hydrogen (secondary N) is 1. The molecule has 0 spiro atoms. The van der Waals surface area contributed by atoms with Crippen LogP contribution in [0.15, 0.2) is 42.6 Å².